The number of fused-ring (bicyclic) bond motifs is 1. The molecule has 0 amide bonds. The molecule has 1 aliphatic heterocycles. The van der Waals surface area contributed by atoms with Crippen LogP contribution in [0.15, 0.2) is 18.2 Å². The van der Waals surface area contributed by atoms with E-state index in [-0.39, 0.29) is 12.6 Å². The van der Waals surface area contributed by atoms with Gasteiger partial charge in [0.25, 0.3) is 6.43 Å². The fourth-order valence-electron chi connectivity index (χ4n) is 2.13. The highest BCUT2D eigenvalue weighted by Crippen LogP contribution is 2.30. The fourth-order valence-corrected chi connectivity index (χ4v) is 2.13. The van der Waals surface area contributed by atoms with Gasteiger partial charge in [0.15, 0.2) is 0 Å². The molecule has 0 saturated heterocycles. The highest BCUT2D eigenvalue weighted by molar-refractivity contribution is 5.59. The van der Waals surface area contributed by atoms with E-state index in [4.69, 9.17) is 5.73 Å². The minimum atomic E-state index is -2.28. The molecule has 0 fully saturated rings. The van der Waals surface area contributed by atoms with Gasteiger partial charge in [-0.2, -0.15) is 0 Å². The van der Waals surface area contributed by atoms with Crippen molar-refractivity contribution in [3.63, 3.8) is 0 Å². The maximum atomic E-state index is 12.3. The van der Waals surface area contributed by atoms with Crippen molar-refractivity contribution in [3.05, 3.63) is 29.3 Å². The molecule has 0 aromatic heterocycles. The third kappa shape index (κ3) is 2.16. The topological polar surface area (TPSA) is 29.3 Å². The SMILES string of the molecule is CC(N)c1ccc2c(c1)CCN2CC(F)F. The summed E-state index contributed by atoms with van der Waals surface area (Å²) < 4.78 is 24.7. The minimum Gasteiger partial charge on any atom is -0.365 e. The molecule has 0 spiro atoms. The van der Waals surface area contributed by atoms with Crippen LogP contribution in [0.25, 0.3) is 0 Å². The molecule has 2 N–H and O–H groups in total. The lowest BCUT2D eigenvalue weighted by Gasteiger charge is -2.19. The van der Waals surface area contributed by atoms with Gasteiger partial charge in [0.1, 0.15) is 0 Å². The minimum absolute atomic E-state index is 0.00514. The van der Waals surface area contributed by atoms with Crippen molar-refractivity contribution in [3.8, 4) is 0 Å². The van der Waals surface area contributed by atoms with E-state index < -0.39 is 6.43 Å². The van der Waals surface area contributed by atoms with Gasteiger partial charge >= 0.3 is 0 Å². The first-order chi connectivity index (χ1) is 7.58. The van der Waals surface area contributed by atoms with Gasteiger partial charge in [-0.1, -0.05) is 12.1 Å². The number of hydrogen-bond donors (Lipinski definition) is 1. The van der Waals surface area contributed by atoms with Crippen LogP contribution in [0.5, 0.6) is 0 Å². The van der Waals surface area contributed by atoms with Crippen molar-refractivity contribution in [2.24, 2.45) is 5.73 Å². The second-order valence-electron chi connectivity index (χ2n) is 4.26. The molecule has 2 nitrogen and oxygen atoms in total. The largest absolute Gasteiger partial charge is 0.365 e. The Kier molecular flexibility index (Phi) is 3.10. The average molecular weight is 226 g/mol. The number of hydrogen-bond acceptors (Lipinski definition) is 2. The van der Waals surface area contributed by atoms with E-state index in [0.29, 0.717) is 6.54 Å². The zero-order valence-corrected chi connectivity index (χ0v) is 9.29. The van der Waals surface area contributed by atoms with Crippen LogP contribution in [-0.4, -0.2) is 19.5 Å². The number of halogens is 2. The first kappa shape index (κ1) is 11.3. The van der Waals surface area contributed by atoms with Gasteiger partial charge in [-0.15, -0.1) is 0 Å². The molecule has 16 heavy (non-hydrogen) atoms. The zero-order chi connectivity index (χ0) is 11.7. The highest BCUT2D eigenvalue weighted by Gasteiger charge is 2.22. The van der Waals surface area contributed by atoms with Gasteiger partial charge in [0.05, 0.1) is 6.54 Å². The second-order valence-corrected chi connectivity index (χ2v) is 4.26. The molecule has 1 unspecified atom stereocenters. The first-order valence-electron chi connectivity index (χ1n) is 5.49. The average Bonchev–Trinajstić information content (AvgIpc) is 2.60. The van der Waals surface area contributed by atoms with Crippen molar-refractivity contribution in [1.82, 2.24) is 0 Å². The van der Waals surface area contributed by atoms with Gasteiger partial charge in [-0.25, -0.2) is 8.78 Å². The van der Waals surface area contributed by atoms with E-state index in [1.54, 1.807) is 4.90 Å². The molecular weight excluding hydrogens is 210 g/mol. The predicted octanol–water partition coefficient (Wildman–Crippen LogP) is 2.33. The predicted molar refractivity (Wildman–Crippen MR) is 61.0 cm³/mol. The summed E-state index contributed by atoms with van der Waals surface area (Å²) in [6.45, 7) is 2.43. The number of benzene rings is 1. The molecule has 0 saturated carbocycles. The monoisotopic (exact) mass is 226 g/mol. The standard InChI is InChI=1S/C12H16F2N2/c1-8(15)9-2-3-11-10(6-9)4-5-16(11)7-12(13)14/h2-3,6,8,12H,4-5,7,15H2,1H3. The first-order valence-corrected chi connectivity index (χ1v) is 5.49. The van der Waals surface area contributed by atoms with E-state index in [1.165, 1.54) is 0 Å². The Morgan fingerprint density at radius 3 is 2.81 bits per heavy atom. The van der Waals surface area contributed by atoms with Crippen LogP contribution in [0.3, 0.4) is 0 Å². The molecule has 1 aliphatic rings. The number of anilines is 1. The third-order valence-electron chi connectivity index (χ3n) is 2.98. The summed E-state index contributed by atoms with van der Waals surface area (Å²) in [5, 5.41) is 0. The van der Waals surface area contributed by atoms with E-state index in [0.717, 1.165) is 23.2 Å². The number of nitrogens with two attached hydrogens (primary N) is 1. The van der Waals surface area contributed by atoms with Crippen LogP contribution in [0.1, 0.15) is 24.1 Å². The lowest BCUT2D eigenvalue weighted by atomic mass is 10.0. The summed E-state index contributed by atoms with van der Waals surface area (Å²) in [7, 11) is 0. The maximum absolute atomic E-state index is 12.3. The lowest BCUT2D eigenvalue weighted by Crippen LogP contribution is -2.26. The van der Waals surface area contributed by atoms with Crippen molar-refractivity contribution in [1.29, 1.82) is 0 Å². The summed E-state index contributed by atoms with van der Waals surface area (Å²) in [6.07, 6.45) is -1.44. The van der Waals surface area contributed by atoms with Crippen LogP contribution in [0.2, 0.25) is 0 Å². The summed E-state index contributed by atoms with van der Waals surface area (Å²) in [5.74, 6) is 0. The van der Waals surface area contributed by atoms with Crippen LogP contribution in [0, 0.1) is 0 Å². The Bertz CT molecular complexity index is 377. The smallest absolute Gasteiger partial charge is 0.255 e. The lowest BCUT2D eigenvalue weighted by molar-refractivity contribution is 0.155. The van der Waals surface area contributed by atoms with Crippen molar-refractivity contribution >= 4 is 5.69 Å². The molecule has 0 radical (unpaired) electrons. The Hall–Kier alpha value is -1.16. The maximum Gasteiger partial charge on any atom is 0.255 e. The second kappa shape index (κ2) is 4.37. The molecule has 2 rings (SSSR count). The van der Waals surface area contributed by atoms with Gasteiger partial charge in [-0.05, 0) is 30.5 Å². The summed E-state index contributed by atoms with van der Waals surface area (Å²) in [4.78, 5) is 1.74. The number of alkyl halides is 2. The van der Waals surface area contributed by atoms with Crippen LogP contribution >= 0.6 is 0 Å². The highest BCUT2D eigenvalue weighted by atomic mass is 19.3. The van der Waals surface area contributed by atoms with Gasteiger partial charge in [0, 0.05) is 18.3 Å². The fraction of sp³-hybridized carbons (Fsp3) is 0.500. The van der Waals surface area contributed by atoms with E-state index in [1.807, 2.05) is 25.1 Å². The molecule has 0 bridgehead atoms. The normalized spacial score (nSPS) is 16.7. The van der Waals surface area contributed by atoms with Crippen LogP contribution in [-0.2, 0) is 6.42 Å². The van der Waals surface area contributed by atoms with Crippen molar-refractivity contribution < 1.29 is 8.78 Å². The quantitative estimate of drug-likeness (QED) is 0.857. The van der Waals surface area contributed by atoms with E-state index in [2.05, 4.69) is 0 Å². The molecule has 4 heteroatoms. The van der Waals surface area contributed by atoms with Crippen LogP contribution < -0.4 is 10.6 Å². The number of nitrogens with zero attached hydrogens (tertiary/aromatic N) is 1. The Morgan fingerprint density at radius 1 is 1.44 bits per heavy atom. The Labute approximate surface area is 94.0 Å². The molecular formula is C12H16F2N2. The third-order valence-corrected chi connectivity index (χ3v) is 2.98. The molecule has 1 aromatic carbocycles. The van der Waals surface area contributed by atoms with Crippen molar-refractivity contribution in [2.45, 2.75) is 25.8 Å². The Morgan fingerprint density at radius 2 is 2.19 bits per heavy atom. The van der Waals surface area contributed by atoms with Crippen LogP contribution in [0.4, 0.5) is 14.5 Å². The molecule has 1 atom stereocenters. The zero-order valence-electron chi connectivity index (χ0n) is 9.29. The molecule has 1 heterocycles. The molecule has 88 valence electrons. The summed E-state index contributed by atoms with van der Waals surface area (Å²) in [5.41, 5.74) is 8.93. The molecule has 0 aliphatic carbocycles. The van der Waals surface area contributed by atoms with E-state index >= 15 is 0 Å². The van der Waals surface area contributed by atoms with Gasteiger partial charge in [-0.3, -0.25) is 0 Å². The summed E-state index contributed by atoms with van der Waals surface area (Å²) >= 11 is 0. The Balaban J connectivity index is 2.22. The van der Waals surface area contributed by atoms with Gasteiger partial charge < -0.3 is 10.6 Å². The summed E-state index contributed by atoms with van der Waals surface area (Å²) in [6, 6.07) is 5.86. The van der Waals surface area contributed by atoms with E-state index in [9.17, 15) is 8.78 Å². The number of rotatable bonds is 3. The van der Waals surface area contributed by atoms with Crippen molar-refractivity contribution in [2.75, 3.05) is 18.0 Å². The van der Waals surface area contributed by atoms with Gasteiger partial charge in [0.2, 0.25) is 0 Å². The molecule has 1 aromatic rings.